The van der Waals surface area contributed by atoms with Crippen molar-refractivity contribution in [2.24, 2.45) is 5.73 Å². The summed E-state index contributed by atoms with van der Waals surface area (Å²) in [4.78, 5) is 4.48. The predicted octanol–water partition coefficient (Wildman–Crippen LogP) is 3.87. The first-order chi connectivity index (χ1) is 7.49. The van der Waals surface area contributed by atoms with E-state index in [2.05, 4.69) is 4.98 Å². The van der Waals surface area contributed by atoms with Crippen LogP contribution >= 0.6 is 23.2 Å². The van der Waals surface area contributed by atoms with Gasteiger partial charge in [-0.15, -0.1) is 0 Å². The Bertz CT molecular complexity index is 550. The van der Waals surface area contributed by atoms with Gasteiger partial charge in [0.25, 0.3) is 0 Å². The molecule has 84 valence electrons. The summed E-state index contributed by atoms with van der Waals surface area (Å²) in [5, 5.41) is 2.14. The van der Waals surface area contributed by atoms with Gasteiger partial charge in [0.15, 0.2) is 0 Å². The van der Waals surface area contributed by atoms with Crippen LogP contribution in [0.2, 0.25) is 10.0 Å². The fourth-order valence-corrected chi connectivity index (χ4v) is 2.27. The molecule has 0 aliphatic heterocycles. The molecule has 4 heteroatoms. The number of aryl methyl sites for hydroxylation is 1. The molecule has 0 bridgehead atoms. The number of rotatable bonds is 1. The van der Waals surface area contributed by atoms with Gasteiger partial charge in [0.05, 0.1) is 10.5 Å². The lowest BCUT2D eigenvalue weighted by Gasteiger charge is -2.11. The highest BCUT2D eigenvalue weighted by molar-refractivity contribution is 6.37. The molecule has 0 aliphatic carbocycles. The number of pyridine rings is 1. The van der Waals surface area contributed by atoms with Crippen molar-refractivity contribution in [3.63, 3.8) is 0 Å². The number of hydrogen-bond acceptors (Lipinski definition) is 2. The molecule has 0 fully saturated rings. The summed E-state index contributed by atoms with van der Waals surface area (Å²) in [6.45, 7) is 3.81. The maximum atomic E-state index is 6.17. The molecule has 2 aromatic rings. The Labute approximate surface area is 104 Å². The summed E-state index contributed by atoms with van der Waals surface area (Å²) >= 11 is 12.2. The second-order valence-corrected chi connectivity index (χ2v) is 4.77. The third kappa shape index (κ3) is 2.01. The molecule has 2 rings (SSSR count). The summed E-state index contributed by atoms with van der Waals surface area (Å²) < 4.78 is 0. The van der Waals surface area contributed by atoms with Gasteiger partial charge < -0.3 is 5.73 Å². The third-order valence-corrected chi connectivity index (χ3v) is 3.01. The average molecular weight is 255 g/mol. The average Bonchev–Trinajstić information content (AvgIpc) is 2.18. The first-order valence-corrected chi connectivity index (χ1v) is 5.76. The van der Waals surface area contributed by atoms with E-state index in [0.717, 1.165) is 22.2 Å². The van der Waals surface area contributed by atoms with Crippen molar-refractivity contribution in [2.75, 3.05) is 0 Å². The Morgan fingerprint density at radius 2 is 1.94 bits per heavy atom. The van der Waals surface area contributed by atoms with Crippen LogP contribution in [0, 0.1) is 6.92 Å². The first-order valence-electron chi connectivity index (χ1n) is 5.01. The minimum Gasteiger partial charge on any atom is -0.324 e. The largest absolute Gasteiger partial charge is 0.324 e. The Balaban J connectivity index is 2.89. The normalized spacial score (nSPS) is 13.1. The van der Waals surface area contributed by atoms with Crippen LogP contribution in [0.25, 0.3) is 10.9 Å². The molecule has 1 aromatic carbocycles. The fraction of sp³-hybridized carbons (Fsp3) is 0.250. The third-order valence-electron chi connectivity index (χ3n) is 2.48. The zero-order chi connectivity index (χ0) is 11.9. The van der Waals surface area contributed by atoms with Gasteiger partial charge in [0, 0.05) is 22.1 Å². The van der Waals surface area contributed by atoms with Gasteiger partial charge in [-0.3, -0.25) is 4.98 Å². The van der Waals surface area contributed by atoms with Crippen LogP contribution in [0.1, 0.15) is 24.2 Å². The van der Waals surface area contributed by atoms with Crippen molar-refractivity contribution in [1.82, 2.24) is 4.98 Å². The number of halogens is 2. The van der Waals surface area contributed by atoms with E-state index in [9.17, 15) is 0 Å². The maximum absolute atomic E-state index is 6.17. The van der Waals surface area contributed by atoms with E-state index in [4.69, 9.17) is 28.9 Å². The fourth-order valence-electron chi connectivity index (χ4n) is 1.74. The molecule has 0 saturated heterocycles. The quantitative estimate of drug-likeness (QED) is 0.840. The molecule has 1 aromatic heterocycles. The van der Waals surface area contributed by atoms with E-state index in [1.54, 1.807) is 0 Å². The SMILES string of the molecule is Cc1cc(Cl)c2cc(Cl)cc(C(C)N)c2n1. The lowest BCUT2D eigenvalue weighted by atomic mass is 10.0. The van der Waals surface area contributed by atoms with Gasteiger partial charge in [-0.05, 0) is 37.6 Å². The number of aromatic nitrogens is 1. The molecular weight excluding hydrogens is 243 g/mol. The van der Waals surface area contributed by atoms with Crippen LogP contribution in [0.4, 0.5) is 0 Å². The molecule has 2 nitrogen and oxygen atoms in total. The van der Waals surface area contributed by atoms with Crippen LogP contribution in [0.5, 0.6) is 0 Å². The molecule has 2 N–H and O–H groups in total. The summed E-state index contributed by atoms with van der Waals surface area (Å²) in [5.74, 6) is 0. The smallest absolute Gasteiger partial charge is 0.0768 e. The van der Waals surface area contributed by atoms with E-state index >= 15 is 0 Å². The van der Waals surface area contributed by atoms with Crippen molar-refractivity contribution in [1.29, 1.82) is 0 Å². The highest BCUT2D eigenvalue weighted by Gasteiger charge is 2.11. The van der Waals surface area contributed by atoms with Crippen LogP contribution in [-0.2, 0) is 0 Å². The Kier molecular flexibility index (Phi) is 3.06. The van der Waals surface area contributed by atoms with Crippen LogP contribution in [0.15, 0.2) is 18.2 Å². The van der Waals surface area contributed by atoms with Crippen LogP contribution in [0.3, 0.4) is 0 Å². The summed E-state index contributed by atoms with van der Waals surface area (Å²) in [6, 6.07) is 5.37. The van der Waals surface area contributed by atoms with Gasteiger partial charge in [-0.2, -0.15) is 0 Å². The van der Waals surface area contributed by atoms with Gasteiger partial charge in [-0.25, -0.2) is 0 Å². The lowest BCUT2D eigenvalue weighted by Crippen LogP contribution is -2.06. The molecule has 0 aliphatic rings. The van der Waals surface area contributed by atoms with Crippen molar-refractivity contribution in [3.05, 3.63) is 39.5 Å². The monoisotopic (exact) mass is 254 g/mol. The number of fused-ring (bicyclic) bond motifs is 1. The molecule has 16 heavy (non-hydrogen) atoms. The zero-order valence-electron chi connectivity index (χ0n) is 9.09. The molecular formula is C12H12Cl2N2. The summed E-state index contributed by atoms with van der Waals surface area (Å²) in [6.07, 6.45) is 0. The second kappa shape index (κ2) is 4.21. The molecule has 0 radical (unpaired) electrons. The molecule has 0 saturated carbocycles. The highest BCUT2D eigenvalue weighted by atomic mass is 35.5. The van der Waals surface area contributed by atoms with E-state index in [1.807, 2.05) is 32.0 Å². The molecule has 0 amide bonds. The van der Waals surface area contributed by atoms with Gasteiger partial charge in [0.1, 0.15) is 0 Å². The van der Waals surface area contributed by atoms with Crippen LogP contribution < -0.4 is 5.73 Å². The topological polar surface area (TPSA) is 38.9 Å². The maximum Gasteiger partial charge on any atom is 0.0768 e. The van der Waals surface area contributed by atoms with E-state index < -0.39 is 0 Å². The number of nitrogens with two attached hydrogens (primary N) is 1. The number of hydrogen-bond donors (Lipinski definition) is 1. The minimum atomic E-state index is -0.119. The van der Waals surface area contributed by atoms with Crippen molar-refractivity contribution in [2.45, 2.75) is 19.9 Å². The molecule has 1 unspecified atom stereocenters. The highest BCUT2D eigenvalue weighted by Crippen LogP contribution is 2.31. The molecule has 1 heterocycles. The summed E-state index contributed by atoms with van der Waals surface area (Å²) in [7, 11) is 0. The molecule has 0 spiro atoms. The second-order valence-electron chi connectivity index (χ2n) is 3.93. The lowest BCUT2D eigenvalue weighted by molar-refractivity contribution is 0.823. The van der Waals surface area contributed by atoms with Gasteiger partial charge in [-0.1, -0.05) is 23.2 Å². The van der Waals surface area contributed by atoms with E-state index in [0.29, 0.717) is 10.0 Å². The molecule has 1 atom stereocenters. The van der Waals surface area contributed by atoms with Crippen molar-refractivity contribution >= 4 is 34.1 Å². The number of benzene rings is 1. The van der Waals surface area contributed by atoms with Gasteiger partial charge >= 0.3 is 0 Å². The van der Waals surface area contributed by atoms with E-state index in [-0.39, 0.29) is 6.04 Å². The van der Waals surface area contributed by atoms with E-state index in [1.165, 1.54) is 0 Å². The number of nitrogens with zero attached hydrogens (tertiary/aromatic N) is 1. The Morgan fingerprint density at radius 3 is 2.56 bits per heavy atom. The zero-order valence-corrected chi connectivity index (χ0v) is 10.6. The predicted molar refractivity (Wildman–Crippen MR) is 69.1 cm³/mol. The first kappa shape index (κ1) is 11.6. The van der Waals surface area contributed by atoms with Gasteiger partial charge in [0.2, 0.25) is 0 Å². The summed E-state index contributed by atoms with van der Waals surface area (Å²) in [5.41, 5.74) is 8.55. The van der Waals surface area contributed by atoms with Crippen molar-refractivity contribution in [3.8, 4) is 0 Å². The van der Waals surface area contributed by atoms with Crippen molar-refractivity contribution < 1.29 is 0 Å². The minimum absolute atomic E-state index is 0.119. The standard InChI is InChI=1S/C12H12Cl2N2/c1-6-3-11(14)10-5-8(13)4-9(7(2)15)12(10)16-6/h3-5,7H,15H2,1-2H3. The van der Waals surface area contributed by atoms with Crippen LogP contribution in [-0.4, -0.2) is 4.98 Å². The Hall–Kier alpha value is -0.830. The Morgan fingerprint density at radius 1 is 1.25 bits per heavy atom.